The molecular weight excluding hydrogens is 328 g/mol. The van der Waals surface area contributed by atoms with Crippen molar-refractivity contribution in [3.8, 4) is 0 Å². The summed E-state index contributed by atoms with van der Waals surface area (Å²) in [5.41, 5.74) is 5.35. The molecule has 0 aliphatic rings. The lowest BCUT2D eigenvalue weighted by Crippen LogP contribution is -2.24. The van der Waals surface area contributed by atoms with Crippen LogP contribution in [-0.2, 0) is 25.9 Å². The van der Waals surface area contributed by atoms with E-state index in [4.69, 9.17) is 4.98 Å². The zero-order chi connectivity index (χ0) is 18.9. The third-order valence-corrected chi connectivity index (χ3v) is 4.79. The maximum absolute atomic E-state index is 4.93. The summed E-state index contributed by atoms with van der Waals surface area (Å²) in [4.78, 5) is 7.36. The average molecular weight is 359 g/mol. The summed E-state index contributed by atoms with van der Waals surface area (Å²) >= 11 is 0. The second-order valence-electron chi connectivity index (χ2n) is 7.15. The van der Waals surface area contributed by atoms with Crippen molar-refractivity contribution in [1.82, 2.24) is 4.98 Å². The predicted octanol–water partition coefficient (Wildman–Crippen LogP) is 6.19. The van der Waals surface area contributed by atoms with E-state index in [9.17, 15) is 0 Å². The first-order valence-corrected chi connectivity index (χ1v) is 10.1. The molecule has 0 aliphatic carbocycles. The molecule has 0 atom stereocenters. The zero-order valence-corrected chi connectivity index (χ0v) is 16.6. The molecule has 140 valence electrons. The van der Waals surface area contributed by atoms with Crippen LogP contribution in [0.25, 0.3) is 0 Å². The summed E-state index contributed by atoms with van der Waals surface area (Å²) < 4.78 is 0. The monoisotopic (exact) mass is 358 g/mol. The number of aromatic nitrogens is 1. The van der Waals surface area contributed by atoms with Gasteiger partial charge in [0.05, 0.1) is 0 Å². The molecule has 2 heteroatoms. The van der Waals surface area contributed by atoms with Crippen LogP contribution in [-0.4, -0.2) is 4.98 Å². The lowest BCUT2D eigenvalue weighted by Gasteiger charge is -2.27. The number of benzene rings is 2. The van der Waals surface area contributed by atoms with Crippen LogP contribution in [0.3, 0.4) is 0 Å². The van der Waals surface area contributed by atoms with Gasteiger partial charge < -0.3 is 4.90 Å². The Morgan fingerprint density at radius 3 is 1.78 bits per heavy atom. The first-order chi connectivity index (χ1) is 13.3. The van der Waals surface area contributed by atoms with Gasteiger partial charge in [-0.3, -0.25) is 0 Å². The summed E-state index contributed by atoms with van der Waals surface area (Å²) in [6.07, 6.45) is 6.53. The number of hydrogen-bond donors (Lipinski definition) is 0. The molecule has 0 bridgehead atoms. The second-order valence-corrected chi connectivity index (χ2v) is 7.15. The van der Waals surface area contributed by atoms with Crippen LogP contribution in [0.5, 0.6) is 0 Å². The number of aryl methyl sites for hydroxylation is 2. The van der Waals surface area contributed by atoms with Gasteiger partial charge in [0.25, 0.3) is 0 Å². The maximum atomic E-state index is 4.93. The van der Waals surface area contributed by atoms with Crippen molar-refractivity contribution in [2.45, 2.75) is 52.6 Å². The van der Waals surface area contributed by atoms with E-state index in [0.717, 1.165) is 44.6 Å². The molecule has 3 aromatic rings. The van der Waals surface area contributed by atoms with Crippen molar-refractivity contribution < 1.29 is 0 Å². The molecule has 0 saturated heterocycles. The van der Waals surface area contributed by atoms with Crippen LogP contribution >= 0.6 is 0 Å². The van der Waals surface area contributed by atoms with Crippen molar-refractivity contribution in [3.05, 3.63) is 95.2 Å². The van der Waals surface area contributed by atoms with Gasteiger partial charge in [-0.1, -0.05) is 93.4 Å². The first-order valence-electron chi connectivity index (χ1n) is 10.1. The standard InChI is InChI=1S/C25H30N2/c1-3-11-23-17-24(12-4-2)25(26-18-23)27(19-21-13-7-5-8-14-21)20-22-15-9-6-10-16-22/h5-10,13-18H,3-4,11-12,19-20H2,1-2H3. The molecule has 0 spiro atoms. The van der Waals surface area contributed by atoms with E-state index in [-0.39, 0.29) is 0 Å². The lowest BCUT2D eigenvalue weighted by atomic mass is 10.0. The summed E-state index contributed by atoms with van der Waals surface area (Å²) in [5, 5.41) is 0. The Morgan fingerprint density at radius 2 is 1.26 bits per heavy atom. The van der Waals surface area contributed by atoms with Crippen LogP contribution < -0.4 is 4.90 Å². The molecular formula is C25H30N2. The van der Waals surface area contributed by atoms with E-state index in [1.165, 1.54) is 22.3 Å². The Balaban J connectivity index is 1.95. The van der Waals surface area contributed by atoms with Gasteiger partial charge in [0, 0.05) is 19.3 Å². The Hall–Kier alpha value is -2.61. The molecule has 0 unspecified atom stereocenters. The van der Waals surface area contributed by atoms with Crippen LogP contribution in [0.2, 0.25) is 0 Å². The molecule has 0 amide bonds. The molecule has 1 heterocycles. The van der Waals surface area contributed by atoms with Gasteiger partial charge in [0.15, 0.2) is 0 Å². The Kier molecular flexibility index (Phi) is 7.04. The Morgan fingerprint density at radius 1 is 0.704 bits per heavy atom. The smallest absolute Gasteiger partial charge is 0.132 e. The minimum Gasteiger partial charge on any atom is -0.348 e. The minimum absolute atomic E-state index is 0.868. The average Bonchev–Trinajstić information content (AvgIpc) is 2.70. The topological polar surface area (TPSA) is 16.1 Å². The normalized spacial score (nSPS) is 10.7. The molecule has 2 aromatic carbocycles. The first kappa shape index (κ1) is 19.2. The minimum atomic E-state index is 0.868. The number of anilines is 1. The molecule has 27 heavy (non-hydrogen) atoms. The third kappa shape index (κ3) is 5.43. The van der Waals surface area contributed by atoms with E-state index >= 15 is 0 Å². The van der Waals surface area contributed by atoms with Crippen molar-refractivity contribution in [2.24, 2.45) is 0 Å². The Labute approximate surface area is 163 Å². The van der Waals surface area contributed by atoms with Crippen LogP contribution in [0.15, 0.2) is 72.9 Å². The lowest BCUT2D eigenvalue weighted by molar-refractivity contribution is 0.764. The quantitative estimate of drug-likeness (QED) is 0.453. The molecule has 0 radical (unpaired) electrons. The fourth-order valence-corrected chi connectivity index (χ4v) is 3.53. The molecule has 0 aliphatic heterocycles. The van der Waals surface area contributed by atoms with Gasteiger partial charge in [-0.15, -0.1) is 0 Å². The van der Waals surface area contributed by atoms with Gasteiger partial charge in [-0.05, 0) is 35.1 Å². The van der Waals surface area contributed by atoms with Crippen LogP contribution in [0, 0.1) is 0 Å². The van der Waals surface area contributed by atoms with Gasteiger partial charge in [-0.25, -0.2) is 4.98 Å². The van der Waals surface area contributed by atoms with E-state index in [2.05, 4.69) is 91.7 Å². The van der Waals surface area contributed by atoms with E-state index < -0.39 is 0 Å². The maximum Gasteiger partial charge on any atom is 0.132 e. The summed E-state index contributed by atoms with van der Waals surface area (Å²) in [6.45, 7) is 6.21. The highest BCUT2D eigenvalue weighted by Gasteiger charge is 2.15. The highest BCUT2D eigenvalue weighted by molar-refractivity contribution is 5.49. The highest BCUT2D eigenvalue weighted by Crippen LogP contribution is 2.25. The fraction of sp³-hybridized carbons (Fsp3) is 0.320. The third-order valence-electron chi connectivity index (χ3n) is 4.79. The van der Waals surface area contributed by atoms with Crippen molar-refractivity contribution in [3.63, 3.8) is 0 Å². The number of rotatable bonds is 9. The number of nitrogens with zero attached hydrogens (tertiary/aromatic N) is 2. The van der Waals surface area contributed by atoms with Crippen molar-refractivity contribution in [1.29, 1.82) is 0 Å². The summed E-state index contributed by atoms with van der Waals surface area (Å²) in [6, 6.07) is 23.8. The van der Waals surface area contributed by atoms with E-state index in [1.54, 1.807) is 0 Å². The second kappa shape index (κ2) is 9.91. The molecule has 2 nitrogen and oxygen atoms in total. The van der Waals surface area contributed by atoms with Crippen LogP contribution in [0.1, 0.15) is 48.9 Å². The van der Waals surface area contributed by atoms with E-state index in [0.29, 0.717) is 0 Å². The predicted molar refractivity (Wildman–Crippen MR) is 115 cm³/mol. The van der Waals surface area contributed by atoms with Crippen molar-refractivity contribution in [2.75, 3.05) is 4.90 Å². The molecule has 0 saturated carbocycles. The summed E-state index contributed by atoms with van der Waals surface area (Å²) in [5.74, 6) is 1.13. The van der Waals surface area contributed by atoms with Crippen molar-refractivity contribution >= 4 is 5.82 Å². The molecule has 3 rings (SSSR count). The number of hydrogen-bond acceptors (Lipinski definition) is 2. The number of pyridine rings is 1. The SMILES string of the molecule is CCCc1cnc(N(Cc2ccccc2)Cc2ccccc2)c(CCC)c1. The molecule has 0 fully saturated rings. The largest absolute Gasteiger partial charge is 0.348 e. The van der Waals surface area contributed by atoms with E-state index in [1.807, 2.05) is 0 Å². The van der Waals surface area contributed by atoms with Gasteiger partial charge in [-0.2, -0.15) is 0 Å². The molecule has 0 N–H and O–H groups in total. The van der Waals surface area contributed by atoms with Gasteiger partial charge >= 0.3 is 0 Å². The van der Waals surface area contributed by atoms with Gasteiger partial charge in [0.2, 0.25) is 0 Å². The summed E-state index contributed by atoms with van der Waals surface area (Å²) in [7, 11) is 0. The van der Waals surface area contributed by atoms with Crippen LogP contribution in [0.4, 0.5) is 5.82 Å². The highest BCUT2D eigenvalue weighted by atomic mass is 15.2. The fourth-order valence-electron chi connectivity index (χ4n) is 3.53. The zero-order valence-electron chi connectivity index (χ0n) is 16.6. The Bertz CT molecular complexity index is 771. The molecule has 1 aromatic heterocycles. The van der Waals surface area contributed by atoms with Gasteiger partial charge in [0.1, 0.15) is 5.82 Å².